The number of rotatable bonds is 5. The SMILES string of the molecule is CC(C)Cn1c(=O)n(C)c(=O)c2cn(Cc3ccc(-c4cccc(F)n4)cc3)cc21. The second-order valence-electron chi connectivity index (χ2n) is 7.92. The molecule has 6 nitrogen and oxygen atoms in total. The molecule has 0 saturated heterocycles. The van der Waals surface area contributed by atoms with Gasteiger partial charge in [-0.2, -0.15) is 4.39 Å². The van der Waals surface area contributed by atoms with E-state index < -0.39 is 5.95 Å². The van der Waals surface area contributed by atoms with Gasteiger partial charge in [0.05, 0.1) is 16.6 Å². The lowest BCUT2D eigenvalue weighted by molar-refractivity contribution is 0.502. The van der Waals surface area contributed by atoms with Gasteiger partial charge in [0.2, 0.25) is 5.95 Å². The van der Waals surface area contributed by atoms with Crippen molar-refractivity contribution >= 4 is 10.9 Å². The van der Waals surface area contributed by atoms with Crippen LogP contribution in [-0.4, -0.2) is 18.7 Å². The molecule has 0 N–H and O–H groups in total. The fourth-order valence-electron chi connectivity index (χ4n) is 3.62. The molecule has 0 amide bonds. The van der Waals surface area contributed by atoms with Crippen molar-refractivity contribution in [2.75, 3.05) is 0 Å². The molecular weight excluding hydrogens is 383 g/mol. The quantitative estimate of drug-likeness (QED) is 0.477. The summed E-state index contributed by atoms with van der Waals surface area (Å²) in [6.45, 7) is 5.16. The largest absolute Gasteiger partial charge is 0.347 e. The maximum absolute atomic E-state index is 13.4. The van der Waals surface area contributed by atoms with Crippen molar-refractivity contribution in [1.82, 2.24) is 18.7 Å². The van der Waals surface area contributed by atoms with E-state index in [1.54, 1.807) is 22.9 Å². The first-order valence-corrected chi connectivity index (χ1v) is 9.84. The highest BCUT2D eigenvalue weighted by atomic mass is 19.1. The van der Waals surface area contributed by atoms with Gasteiger partial charge >= 0.3 is 5.69 Å². The third kappa shape index (κ3) is 3.70. The van der Waals surface area contributed by atoms with Crippen molar-refractivity contribution in [2.24, 2.45) is 13.0 Å². The van der Waals surface area contributed by atoms with E-state index in [2.05, 4.69) is 4.98 Å². The zero-order valence-corrected chi connectivity index (χ0v) is 17.2. The number of hydrogen-bond donors (Lipinski definition) is 0. The number of nitrogens with zero attached hydrogens (tertiary/aromatic N) is 4. The maximum atomic E-state index is 13.4. The third-order valence-corrected chi connectivity index (χ3v) is 5.08. The van der Waals surface area contributed by atoms with Crippen molar-refractivity contribution in [1.29, 1.82) is 0 Å². The van der Waals surface area contributed by atoms with Crippen LogP contribution in [0.5, 0.6) is 0 Å². The Morgan fingerprint density at radius 3 is 2.43 bits per heavy atom. The predicted octanol–water partition coefficient (Wildman–Crippen LogP) is 3.41. The summed E-state index contributed by atoms with van der Waals surface area (Å²) in [7, 11) is 1.51. The van der Waals surface area contributed by atoms with Crippen LogP contribution >= 0.6 is 0 Å². The molecular formula is C23H23FN4O2. The van der Waals surface area contributed by atoms with Gasteiger partial charge in [-0.05, 0) is 23.6 Å². The number of hydrogen-bond acceptors (Lipinski definition) is 3. The lowest BCUT2D eigenvalue weighted by Gasteiger charge is -2.11. The zero-order valence-electron chi connectivity index (χ0n) is 17.2. The zero-order chi connectivity index (χ0) is 21.4. The van der Waals surface area contributed by atoms with Crippen LogP contribution in [0, 0.1) is 11.9 Å². The average Bonchev–Trinajstić information content (AvgIpc) is 3.14. The van der Waals surface area contributed by atoms with Gasteiger partial charge in [-0.1, -0.05) is 44.2 Å². The third-order valence-electron chi connectivity index (χ3n) is 5.08. The molecule has 0 bridgehead atoms. The van der Waals surface area contributed by atoms with Crippen LogP contribution in [0.15, 0.2) is 64.4 Å². The van der Waals surface area contributed by atoms with Gasteiger partial charge in [-0.25, -0.2) is 9.78 Å². The maximum Gasteiger partial charge on any atom is 0.331 e. The van der Waals surface area contributed by atoms with Crippen molar-refractivity contribution < 1.29 is 4.39 Å². The molecule has 4 aromatic rings. The van der Waals surface area contributed by atoms with E-state index in [-0.39, 0.29) is 17.2 Å². The van der Waals surface area contributed by atoms with Crippen molar-refractivity contribution in [3.05, 3.63) is 87.2 Å². The minimum Gasteiger partial charge on any atom is -0.347 e. The van der Waals surface area contributed by atoms with Crippen LogP contribution in [-0.2, 0) is 20.1 Å². The Kier molecular flexibility index (Phi) is 5.11. The van der Waals surface area contributed by atoms with E-state index in [0.717, 1.165) is 15.7 Å². The Hall–Kier alpha value is -3.48. The molecule has 0 spiro atoms. The van der Waals surface area contributed by atoms with E-state index in [0.29, 0.717) is 29.7 Å². The highest BCUT2D eigenvalue weighted by Crippen LogP contribution is 2.19. The van der Waals surface area contributed by atoms with Gasteiger partial charge in [0.15, 0.2) is 0 Å². The second-order valence-corrected chi connectivity index (χ2v) is 7.92. The van der Waals surface area contributed by atoms with Crippen LogP contribution in [0.4, 0.5) is 4.39 Å². The molecule has 3 aromatic heterocycles. The highest BCUT2D eigenvalue weighted by Gasteiger charge is 2.14. The molecule has 154 valence electrons. The smallest absolute Gasteiger partial charge is 0.331 e. The molecule has 0 fully saturated rings. The van der Waals surface area contributed by atoms with Crippen molar-refractivity contribution in [3.8, 4) is 11.3 Å². The Morgan fingerprint density at radius 2 is 1.77 bits per heavy atom. The molecule has 0 aliphatic rings. The summed E-state index contributed by atoms with van der Waals surface area (Å²) in [5.41, 5.74) is 2.49. The first-order chi connectivity index (χ1) is 14.3. The van der Waals surface area contributed by atoms with E-state index >= 15 is 0 Å². The summed E-state index contributed by atoms with van der Waals surface area (Å²) in [5.74, 6) is -0.236. The van der Waals surface area contributed by atoms with E-state index in [9.17, 15) is 14.0 Å². The predicted molar refractivity (Wildman–Crippen MR) is 115 cm³/mol. The Bertz CT molecular complexity index is 1330. The molecule has 0 unspecified atom stereocenters. The van der Waals surface area contributed by atoms with E-state index in [1.165, 1.54) is 13.1 Å². The minimum atomic E-state index is -0.510. The van der Waals surface area contributed by atoms with Crippen LogP contribution in [0.2, 0.25) is 0 Å². The molecule has 30 heavy (non-hydrogen) atoms. The highest BCUT2D eigenvalue weighted by molar-refractivity contribution is 5.77. The molecule has 0 atom stereocenters. The topological polar surface area (TPSA) is 61.8 Å². The van der Waals surface area contributed by atoms with Gasteiger partial charge < -0.3 is 4.57 Å². The normalized spacial score (nSPS) is 11.5. The van der Waals surface area contributed by atoms with Gasteiger partial charge in [0.1, 0.15) is 0 Å². The fraction of sp³-hybridized carbons (Fsp3) is 0.261. The van der Waals surface area contributed by atoms with Gasteiger partial charge in [-0.3, -0.25) is 13.9 Å². The van der Waals surface area contributed by atoms with E-state index in [4.69, 9.17) is 0 Å². The standard InChI is InChI=1S/C23H23FN4O2/c1-15(2)11-28-20-14-27(13-18(20)22(29)26(3)23(28)30)12-16-7-9-17(10-8-16)19-5-4-6-21(24)25-19/h4-10,13-15H,11-12H2,1-3H3. The second kappa shape index (κ2) is 7.74. The first kappa shape index (κ1) is 19.8. The summed E-state index contributed by atoms with van der Waals surface area (Å²) in [4.78, 5) is 29.1. The first-order valence-electron chi connectivity index (χ1n) is 9.84. The van der Waals surface area contributed by atoms with Gasteiger partial charge in [-0.15, -0.1) is 0 Å². The van der Waals surface area contributed by atoms with Crippen molar-refractivity contribution in [3.63, 3.8) is 0 Å². The average molecular weight is 406 g/mol. The summed E-state index contributed by atoms with van der Waals surface area (Å²) < 4.78 is 18.1. The summed E-state index contributed by atoms with van der Waals surface area (Å²) in [6, 6.07) is 12.4. The summed E-state index contributed by atoms with van der Waals surface area (Å²) in [6.07, 6.45) is 3.64. The number of pyridine rings is 1. The number of aromatic nitrogens is 4. The van der Waals surface area contributed by atoms with E-state index in [1.807, 2.05) is 48.9 Å². The number of halogens is 1. The van der Waals surface area contributed by atoms with Crippen LogP contribution in [0.3, 0.4) is 0 Å². The molecule has 4 rings (SSSR count). The monoisotopic (exact) mass is 406 g/mol. The molecule has 0 aliphatic carbocycles. The Balaban J connectivity index is 1.68. The van der Waals surface area contributed by atoms with Gasteiger partial charge in [0.25, 0.3) is 5.56 Å². The van der Waals surface area contributed by atoms with Crippen LogP contribution in [0.25, 0.3) is 22.2 Å². The summed E-state index contributed by atoms with van der Waals surface area (Å²) in [5, 5.41) is 0.526. The molecule has 3 heterocycles. The van der Waals surface area contributed by atoms with Crippen molar-refractivity contribution in [2.45, 2.75) is 26.9 Å². The molecule has 0 radical (unpaired) electrons. The molecule has 0 aliphatic heterocycles. The summed E-state index contributed by atoms with van der Waals surface area (Å²) >= 11 is 0. The van der Waals surface area contributed by atoms with Gasteiger partial charge in [0, 0.05) is 38.1 Å². The lowest BCUT2D eigenvalue weighted by Crippen LogP contribution is -2.38. The molecule has 0 saturated carbocycles. The number of benzene rings is 1. The Morgan fingerprint density at radius 1 is 1.03 bits per heavy atom. The Labute approximate surface area is 172 Å². The number of fused-ring (bicyclic) bond motifs is 1. The van der Waals surface area contributed by atoms with Crippen LogP contribution < -0.4 is 11.2 Å². The molecule has 7 heteroatoms. The van der Waals surface area contributed by atoms with Crippen LogP contribution in [0.1, 0.15) is 19.4 Å². The lowest BCUT2D eigenvalue weighted by atomic mass is 10.1. The molecule has 1 aromatic carbocycles. The fourth-order valence-corrected chi connectivity index (χ4v) is 3.62. The minimum absolute atomic E-state index is 0.274.